The number of carbonyl (C=O) groups excluding carboxylic acids is 3. The van der Waals surface area contributed by atoms with Gasteiger partial charge in [-0.15, -0.1) is 0 Å². The van der Waals surface area contributed by atoms with E-state index in [0.29, 0.717) is 5.56 Å². The highest BCUT2D eigenvalue weighted by Gasteiger charge is 2.38. The Bertz CT molecular complexity index is 535. The van der Waals surface area contributed by atoms with Crippen molar-refractivity contribution >= 4 is 17.7 Å². The van der Waals surface area contributed by atoms with E-state index in [-0.39, 0.29) is 18.8 Å². The second-order valence-corrected chi connectivity index (χ2v) is 4.28. The van der Waals surface area contributed by atoms with E-state index in [4.69, 9.17) is 9.47 Å². The molecule has 0 heterocycles. The molecular formula is C15H17FO5. The van der Waals surface area contributed by atoms with Crippen molar-refractivity contribution in [2.75, 3.05) is 13.2 Å². The molecule has 0 atom stereocenters. The van der Waals surface area contributed by atoms with Gasteiger partial charge < -0.3 is 9.47 Å². The lowest BCUT2D eigenvalue weighted by Crippen LogP contribution is -2.35. The minimum Gasteiger partial charge on any atom is -0.465 e. The summed E-state index contributed by atoms with van der Waals surface area (Å²) in [4.78, 5) is 35.9. The van der Waals surface area contributed by atoms with Gasteiger partial charge in [-0.25, -0.2) is 4.39 Å². The van der Waals surface area contributed by atoms with Crippen LogP contribution in [0.3, 0.4) is 0 Å². The summed E-state index contributed by atoms with van der Waals surface area (Å²) in [5.41, 5.74) is 0.298. The fourth-order valence-corrected chi connectivity index (χ4v) is 1.74. The van der Waals surface area contributed by atoms with Gasteiger partial charge in [0.2, 0.25) is 5.92 Å². The Morgan fingerprint density at radius 1 is 1.10 bits per heavy atom. The van der Waals surface area contributed by atoms with Crippen LogP contribution in [-0.2, 0) is 19.1 Å². The Morgan fingerprint density at radius 3 is 2.10 bits per heavy atom. The van der Waals surface area contributed by atoms with E-state index in [1.165, 1.54) is 26.0 Å². The molecule has 0 aliphatic rings. The summed E-state index contributed by atoms with van der Waals surface area (Å²) >= 11 is 0. The van der Waals surface area contributed by atoms with E-state index in [1.807, 2.05) is 0 Å². The van der Waals surface area contributed by atoms with E-state index in [0.717, 1.165) is 6.07 Å². The zero-order chi connectivity index (χ0) is 16.0. The van der Waals surface area contributed by atoms with Crippen LogP contribution in [0.25, 0.3) is 0 Å². The third-order valence-electron chi connectivity index (χ3n) is 2.69. The van der Waals surface area contributed by atoms with Crippen LogP contribution < -0.4 is 0 Å². The fourth-order valence-electron chi connectivity index (χ4n) is 1.74. The number of esters is 2. The first kappa shape index (κ1) is 16.8. The highest BCUT2D eigenvalue weighted by Crippen LogP contribution is 2.17. The van der Waals surface area contributed by atoms with Gasteiger partial charge in [-0.05, 0) is 32.9 Å². The Kier molecular flexibility index (Phi) is 6.02. The molecule has 5 nitrogen and oxygen atoms in total. The van der Waals surface area contributed by atoms with Crippen molar-refractivity contribution in [1.82, 2.24) is 0 Å². The molecule has 1 rings (SSSR count). The molecule has 0 fully saturated rings. The molecule has 0 amide bonds. The van der Waals surface area contributed by atoms with Crippen molar-refractivity contribution in [1.29, 1.82) is 0 Å². The minimum atomic E-state index is -1.80. The Balaban J connectivity index is 3.18. The molecule has 1 aromatic carbocycles. The van der Waals surface area contributed by atoms with Crippen LogP contribution in [0.15, 0.2) is 18.2 Å². The normalized spacial score (nSPS) is 10.3. The average Bonchev–Trinajstić information content (AvgIpc) is 2.42. The number of Topliss-reactive ketones (excluding diaryl/α,β-unsaturated/α-hetero) is 1. The first-order chi connectivity index (χ1) is 9.92. The molecule has 6 heteroatoms. The standard InChI is InChI=1S/C15H17FO5/c1-4-20-14(18)12(15(19)21-5-2)13(17)10-8-9(3)6-7-11(10)16/h6-8,12H,4-5H2,1-3H3. The number of ketones is 1. The van der Waals surface area contributed by atoms with Crippen LogP contribution in [0.2, 0.25) is 0 Å². The number of aryl methyl sites for hydroxylation is 1. The maximum Gasteiger partial charge on any atom is 0.328 e. The lowest BCUT2D eigenvalue weighted by Gasteiger charge is -2.14. The fraction of sp³-hybridized carbons (Fsp3) is 0.400. The number of hydrogen-bond acceptors (Lipinski definition) is 5. The largest absolute Gasteiger partial charge is 0.465 e. The van der Waals surface area contributed by atoms with Crippen LogP contribution in [0.1, 0.15) is 29.8 Å². The molecule has 0 aliphatic carbocycles. The number of benzene rings is 1. The van der Waals surface area contributed by atoms with Crippen LogP contribution >= 0.6 is 0 Å². The zero-order valence-corrected chi connectivity index (χ0v) is 12.1. The van der Waals surface area contributed by atoms with Gasteiger partial charge in [-0.2, -0.15) is 0 Å². The smallest absolute Gasteiger partial charge is 0.328 e. The number of rotatable bonds is 6. The molecule has 0 aromatic heterocycles. The number of carbonyl (C=O) groups is 3. The third kappa shape index (κ3) is 4.11. The van der Waals surface area contributed by atoms with Gasteiger partial charge in [0.25, 0.3) is 0 Å². The highest BCUT2D eigenvalue weighted by molar-refractivity contribution is 6.20. The summed E-state index contributed by atoms with van der Waals surface area (Å²) in [5.74, 6) is -5.65. The lowest BCUT2D eigenvalue weighted by molar-refractivity contribution is -0.158. The van der Waals surface area contributed by atoms with Crippen molar-refractivity contribution in [2.45, 2.75) is 20.8 Å². The van der Waals surface area contributed by atoms with Crippen molar-refractivity contribution in [3.8, 4) is 0 Å². The Morgan fingerprint density at radius 2 is 1.62 bits per heavy atom. The van der Waals surface area contributed by atoms with Gasteiger partial charge in [0.15, 0.2) is 5.78 Å². The summed E-state index contributed by atoms with van der Waals surface area (Å²) < 4.78 is 23.2. The van der Waals surface area contributed by atoms with E-state index in [9.17, 15) is 18.8 Å². The quantitative estimate of drug-likeness (QED) is 0.456. The lowest BCUT2D eigenvalue weighted by atomic mass is 9.96. The van der Waals surface area contributed by atoms with Gasteiger partial charge in [-0.1, -0.05) is 11.6 Å². The number of hydrogen-bond donors (Lipinski definition) is 0. The van der Waals surface area contributed by atoms with Crippen molar-refractivity contribution in [3.63, 3.8) is 0 Å². The maximum atomic E-state index is 13.8. The van der Waals surface area contributed by atoms with E-state index < -0.39 is 29.5 Å². The van der Waals surface area contributed by atoms with Crippen LogP contribution in [0.4, 0.5) is 4.39 Å². The van der Waals surface area contributed by atoms with Crippen LogP contribution in [-0.4, -0.2) is 30.9 Å². The van der Waals surface area contributed by atoms with E-state index in [1.54, 1.807) is 6.92 Å². The third-order valence-corrected chi connectivity index (χ3v) is 2.69. The van der Waals surface area contributed by atoms with Gasteiger partial charge in [0.05, 0.1) is 18.8 Å². The number of ether oxygens (including phenoxy) is 2. The van der Waals surface area contributed by atoms with Crippen molar-refractivity contribution in [2.24, 2.45) is 5.92 Å². The minimum absolute atomic E-state index is 0.00167. The molecule has 0 saturated carbocycles. The monoisotopic (exact) mass is 296 g/mol. The molecule has 0 saturated heterocycles. The molecule has 0 spiro atoms. The maximum absolute atomic E-state index is 13.8. The van der Waals surface area contributed by atoms with Gasteiger partial charge in [-0.3, -0.25) is 14.4 Å². The van der Waals surface area contributed by atoms with Crippen molar-refractivity contribution < 1.29 is 28.2 Å². The van der Waals surface area contributed by atoms with E-state index >= 15 is 0 Å². The van der Waals surface area contributed by atoms with E-state index in [2.05, 4.69) is 0 Å². The predicted octanol–water partition coefficient (Wildman–Crippen LogP) is 2.06. The molecule has 1 aromatic rings. The topological polar surface area (TPSA) is 69.7 Å². The highest BCUT2D eigenvalue weighted by atomic mass is 19.1. The summed E-state index contributed by atoms with van der Waals surface area (Å²) in [6.45, 7) is 4.74. The summed E-state index contributed by atoms with van der Waals surface area (Å²) in [5, 5.41) is 0. The average molecular weight is 296 g/mol. The molecule has 0 bridgehead atoms. The van der Waals surface area contributed by atoms with Gasteiger partial charge >= 0.3 is 11.9 Å². The summed E-state index contributed by atoms with van der Waals surface area (Å²) in [7, 11) is 0. The number of halogens is 1. The predicted molar refractivity (Wildman–Crippen MR) is 72.2 cm³/mol. The molecule has 0 unspecified atom stereocenters. The van der Waals surface area contributed by atoms with Crippen molar-refractivity contribution in [3.05, 3.63) is 35.1 Å². The molecule has 0 aliphatic heterocycles. The second kappa shape index (κ2) is 7.52. The molecular weight excluding hydrogens is 279 g/mol. The summed E-state index contributed by atoms with van der Waals surface area (Å²) in [6.07, 6.45) is 0. The molecule has 114 valence electrons. The first-order valence-electron chi connectivity index (χ1n) is 6.56. The molecule has 0 radical (unpaired) electrons. The van der Waals surface area contributed by atoms with Crippen LogP contribution in [0, 0.1) is 18.7 Å². The SMILES string of the molecule is CCOC(=O)C(C(=O)OCC)C(=O)c1cc(C)ccc1F. The second-order valence-electron chi connectivity index (χ2n) is 4.28. The Labute approximate surface area is 122 Å². The van der Waals surface area contributed by atoms with Crippen LogP contribution in [0.5, 0.6) is 0 Å². The van der Waals surface area contributed by atoms with Gasteiger partial charge in [0.1, 0.15) is 5.82 Å². The molecule has 0 N–H and O–H groups in total. The Hall–Kier alpha value is -2.24. The van der Waals surface area contributed by atoms with Gasteiger partial charge in [0, 0.05) is 0 Å². The first-order valence-corrected chi connectivity index (χ1v) is 6.56. The zero-order valence-electron chi connectivity index (χ0n) is 12.1. The summed E-state index contributed by atoms with van der Waals surface area (Å²) in [6, 6.07) is 3.87. The molecule has 21 heavy (non-hydrogen) atoms.